The lowest BCUT2D eigenvalue weighted by Crippen LogP contribution is -2.49. The van der Waals surface area contributed by atoms with Crippen molar-refractivity contribution < 1.29 is 4.79 Å². The van der Waals surface area contributed by atoms with Gasteiger partial charge in [0.15, 0.2) is 0 Å². The minimum absolute atomic E-state index is 0.00261. The molecule has 7 heteroatoms. The lowest BCUT2D eigenvalue weighted by Gasteiger charge is -2.36. The van der Waals surface area contributed by atoms with E-state index in [4.69, 9.17) is 11.6 Å². The number of halogens is 1. The second-order valence-electron chi connectivity index (χ2n) is 8.71. The summed E-state index contributed by atoms with van der Waals surface area (Å²) in [5, 5.41) is 14.0. The standard InChI is InChI=1S/C27H26ClN5O/c1-19(34)32-14-12-31(13-15-32)18-25-27(20-6-9-23(28)10-7-20)30-26-11-8-22(17-33(25)26)24-5-3-2-4-21(24)16-29/h2-11,17,26,30H,12-15,18H2,1H3. The number of hydrogen-bond donors (Lipinski definition) is 1. The average Bonchev–Trinajstić information content (AvgIpc) is 3.22. The molecule has 6 nitrogen and oxygen atoms in total. The van der Waals surface area contributed by atoms with Crippen LogP contribution in [0, 0.1) is 11.3 Å². The van der Waals surface area contributed by atoms with Gasteiger partial charge in [-0.1, -0.05) is 48.0 Å². The van der Waals surface area contributed by atoms with Crippen LogP contribution in [0.5, 0.6) is 0 Å². The van der Waals surface area contributed by atoms with Crippen molar-refractivity contribution >= 4 is 28.8 Å². The van der Waals surface area contributed by atoms with E-state index in [1.165, 1.54) is 5.70 Å². The average molecular weight is 472 g/mol. The number of benzene rings is 2. The predicted molar refractivity (Wildman–Crippen MR) is 134 cm³/mol. The van der Waals surface area contributed by atoms with Gasteiger partial charge in [0, 0.05) is 56.4 Å². The molecule has 1 amide bonds. The smallest absolute Gasteiger partial charge is 0.219 e. The summed E-state index contributed by atoms with van der Waals surface area (Å²) in [6.45, 7) is 5.54. The van der Waals surface area contributed by atoms with Crippen LogP contribution in [0.15, 0.2) is 72.6 Å². The van der Waals surface area contributed by atoms with Gasteiger partial charge in [0.25, 0.3) is 0 Å². The van der Waals surface area contributed by atoms with E-state index in [0.29, 0.717) is 10.6 Å². The van der Waals surface area contributed by atoms with Crippen LogP contribution in [0.3, 0.4) is 0 Å². The first-order valence-corrected chi connectivity index (χ1v) is 11.8. The van der Waals surface area contributed by atoms with Crippen molar-refractivity contribution in [2.24, 2.45) is 0 Å². The lowest BCUT2D eigenvalue weighted by atomic mass is 9.99. The van der Waals surface area contributed by atoms with Crippen LogP contribution in [0.1, 0.15) is 23.6 Å². The van der Waals surface area contributed by atoms with E-state index in [1.54, 1.807) is 6.92 Å². The van der Waals surface area contributed by atoms with Gasteiger partial charge in [-0.2, -0.15) is 5.26 Å². The number of fused-ring (bicyclic) bond motifs is 1. The molecule has 2 aromatic carbocycles. The molecule has 172 valence electrons. The van der Waals surface area contributed by atoms with Crippen molar-refractivity contribution in [1.82, 2.24) is 20.0 Å². The quantitative estimate of drug-likeness (QED) is 0.733. The molecular formula is C27H26ClN5O. The number of carbonyl (C=O) groups is 1. The molecule has 0 saturated carbocycles. The fourth-order valence-electron chi connectivity index (χ4n) is 4.74. The van der Waals surface area contributed by atoms with Gasteiger partial charge in [0.2, 0.25) is 5.91 Å². The van der Waals surface area contributed by atoms with Crippen LogP contribution in [0.2, 0.25) is 5.02 Å². The number of hydrogen-bond acceptors (Lipinski definition) is 5. The van der Waals surface area contributed by atoms with Gasteiger partial charge in [-0.15, -0.1) is 0 Å². The summed E-state index contributed by atoms with van der Waals surface area (Å²) in [5.41, 5.74) is 5.91. The maximum absolute atomic E-state index is 11.8. The number of allylic oxidation sites excluding steroid dienone is 2. The topological polar surface area (TPSA) is 62.6 Å². The van der Waals surface area contributed by atoms with Crippen molar-refractivity contribution in [1.29, 1.82) is 5.26 Å². The van der Waals surface area contributed by atoms with E-state index >= 15 is 0 Å². The molecule has 0 aromatic heterocycles. The van der Waals surface area contributed by atoms with Crippen molar-refractivity contribution in [3.05, 3.63) is 94.3 Å². The van der Waals surface area contributed by atoms with Crippen molar-refractivity contribution in [3.8, 4) is 6.07 Å². The molecule has 0 spiro atoms. The maximum atomic E-state index is 11.8. The van der Waals surface area contributed by atoms with Gasteiger partial charge in [-0.05, 0) is 35.4 Å². The van der Waals surface area contributed by atoms with Gasteiger partial charge in [-0.3, -0.25) is 9.69 Å². The Kier molecular flexibility index (Phi) is 6.14. The molecule has 3 aliphatic heterocycles. The molecule has 3 aliphatic rings. The zero-order valence-electron chi connectivity index (χ0n) is 19.0. The highest BCUT2D eigenvalue weighted by Gasteiger charge is 2.33. The minimum Gasteiger partial charge on any atom is -0.360 e. The summed E-state index contributed by atoms with van der Waals surface area (Å²) in [6, 6.07) is 17.9. The van der Waals surface area contributed by atoms with Crippen molar-refractivity contribution in [2.75, 3.05) is 32.7 Å². The largest absolute Gasteiger partial charge is 0.360 e. The number of amides is 1. The zero-order chi connectivity index (χ0) is 23.7. The number of nitrogens with one attached hydrogen (secondary N) is 1. The highest BCUT2D eigenvalue weighted by atomic mass is 35.5. The van der Waals surface area contributed by atoms with Crippen LogP contribution in [0.25, 0.3) is 11.3 Å². The number of nitriles is 1. The van der Waals surface area contributed by atoms with E-state index in [2.05, 4.69) is 39.5 Å². The first-order chi connectivity index (χ1) is 16.5. The van der Waals surface area contributed by atoms with Crippen LogP contribution in [-0.4, -0.2) is 59.5 Å². The molecule has 2 aromatic rings. The number of carbonyl (C=O) groups excluding carboxylic acids is 1. The molecule has 3 heterocycles. The summed E-state index contributed by atoms with van der Waals surface area (Å²) >= 11 is 6.15. The molecule has 34 heavy (non-hydrogen) atoms. The molecule has 0 bridgehead atoms. The molecule has 1 N–H and O–H groups in total. The second-order valence-corrected chi connectivity index (χ2v) is 9.14. The van der Waals surface area contributed by atoms with Gasteiger partial charge < -0.3 is 15.1 Å². The van der Waals surface area contributed by atoms with Gasteiger partial charge in [0.1, 0.15) is 6.17 Å². The summed E-state index contributed by atoms with van der Waals surface area (Å²) in [6.07, 6.45) is 6.35. The molecular weight excluding hydrogens is 446 g/mol. The highest BCUT2D eigenvalue weighted by molar-refractivity contribution is 6.30. The molecule has 1 fully saturated rings. The second kappa shape index (κ2) is 9.38. The Bertz CT molecular complexity index is 1230. The Morgan fingerprint density at radius 2 is 1.85 bits per heavy atom. The Balaban J connectivity index is 1.49. The molecule has 0 aliphatic carbocycles. The summed E-state index contributed by atoms with van der Waals surface area (Å²) in [4.78, 5) is 18.3. The molecule has 1 atom stereocenters. The Morgan fingerprint density at radius 3 is 2.56 bits per heavy atom. The van der Waals surface area contributed by atoms with E-state index in [9.17, 15) is 10.1 Å². The normalized spacial score (nSPS) is 20.0. The SMILES string of the molecule is CC(=O)N1CCN(CC2=C(c3ccc(Cl)cc3)NC3C=CC(c4ccccc4C#N)=CN23)CC1. The summed E-state index contributed by atoms with van der Waals surface area (Å²) < 4.78 is 0. The Hall–Kier alpha value is -3.53. The van der Waals surface area contributed by atoms with Crippen molar-refractivity contribution in [3.63, 3.8) is 0 Å². The Labute approximate surface area is 205 Å². The highest BCUT2D eigenvalue weighted by Crippen LogP contribution is 2.35. The van der Waals surface area contributed by atoms with Crippen LogP contribution in [0.4, 0.5) is 0 Å². The van der Waals surface area contributed by atoms with Crippen molar-refractivity contribution in [2.45, 2.75) is 13.1 Å². The van der Waals surface area contributed by atoms with Crippen LogP contribution < -0.4 is 5.32 Å². The van der Waals surface area contributed by atoms with E-state index < -0.39 is 0 Å². The fraction of sp³-hybridized carbons (Fsp3) is 0.259. The summed E-state index contributed by atoms with van der Waals surface area (Å²) in [7, 11) is 0. The van der Waals surface area contributed by atoms with E-state index in [1.807, 2.05) is 53.4 Å². The third kappa shape index (κ3) is 4.33. The van der Waals surface area contributed by atoms with Gasteiger partial charge >= 0.3 is 0 Å². The van der Waals surface area contributed by atoms with Crippen LogP contribution >= 0.6 is 11.6 Å². The third-order valence-corrected chi connectivity index (χ3v) is 6.86. The summed E-state index contributed by atoms with van der Waals surface area (Å²) in [5.74, 6) is 0.133. The Morgan fingerprint density at radius 1 is 1.12 bits per heavy atom. The zero-order valence-corrected chi connectivity index (χ0v) is 19.8. The lowest BCUT2D eigenvalue weighted by molar-refractivity contribution is -0.130. The van der Waals surface area contributed by atoms with E-state index in [0.717, 1.165) is 55.1 Å². The molecule has 1 saturated heterocycles. The first kappa shape index (κ1) is 22.3. The number of piperazine rings is 1. The van der Waals surface area contributed by atoms with E-state index in [-0.39, 0.29) is 12.1 Å². The number of nitrogens with zero attached hydrogens (tertiary/aromatic N) is 4. The molecule has 1 unspecified atom stereocenters. The monoisotopic (exact) mass is 471 g/mol. The third-order valence-electron chi connectivity index (χ3n) is 6.61. The maximum Gasteiger partial charge on any atom is 0.219 e. The van der Waals surface area contributed by atoms with Gasteiger partial charge in [-0.25, -0.2) is 0 Å². The number of rotatable bonds is 4. The fourth-order valence-corrected chi connectivity index (χ4v) is 4.86. The minimum atomic E-state index is -0.00261. The predicted octanol–water partition coefficient (Wildman–Crippen LogP) is 3.89. The van der Waals surface area contributed by atoms with Crippen LogP contribution in [-0.2, 0) is 4.79 Å². The van der Waals surface area contributed by atoms with Gasteiger partial charge in [0.05, 0.1) is 23.0 Å². The first-order valence-electron chi connectivity index (χ1n) is 11.4. The molecule has 0 radical (unpaired) electrons. The molecule has 5 rings (SSSR count).